The number of nitrogens with one attached hydrogen (secondary N) is 3. The first-order chi connectivity index (χ1) is 12.9. The lowest BCUT2D eigenvalue weighted by Crippen LogP contribution is -3.11. The van der Waals surface area contributed by atoms with Gasteiger partial charge in [0.05, 0.1) is 26.4 Å². The number of ether oxygens (including phenoxy) is 1. The number of nitrogens with zero attached hydrogens (tertiary/aromatic N) is 1. The van der Waals surface area contributed by atoms with Gasteiger partial charge in [-0.1, -0.05) is 11.6 Å². The van der Waals surface area contributed by atoms with Crippen LogP contribution < -0.4 is 20.3 Å². The molecule has 0 aromatic heterocycles. The van der Waals surface area contributed by atoms with Crippen molar-refractivity contribution in [3.8, 4) is 5.75 Å². The number of carbonyl (C=O) groups excluding carboxylic acids is 3. The summed E-state index contributed by atoms with van der Waals surface area (Å²) in [6, 6.07) is 4.87. The van der Waals surface area contributed by atoms with Gasteiger partial charge >= 0.3 is 0 Å². The molecule has 1 aromatic carbocycles. The average molecular weight is 414 g/mol. The minimum absolute atomic E-state index is 0.0990. The largest absolute Gasteiger partial charge is 0.495 e. The minimum atomic E-state index is -0.375. The fraction of sp³-hybridized carbons (Fsp3) is 0.526. The van der Waals surface area contributed by atoms with E-state index in [4.69, 9.17) is 16.3 Å². The number of methoxy groups -OCH3 is 1. The second-order valence-corrected chi connectivity index (χ2v) is 8.19. The average Bonchev–Trinajstić information content (AvgIpc) is 2.52. The Morgan fingerprint density at radius 2 is 1.82 bits per heavy atom. The first-order valence-electron chi connectivity index (χ1n) is 8.91. The number of amides is 3. The van der Waals surface area contributed by atoms with Gasteiger partial charge in [0.25, 0.3) is 11.8 Å². The summed E-state index contributed by atoms with van der Waals surface area (Å²) >= 11 is 5.95. The van der Waals surface area contributed by atoms with Crippen LogP contribution in [0.3, 0.4) is 0 Å². The number of carbonyl (C=O) groups is 3. The normalized spacial score (nSPS) is 12.1. The number of halogens is 1. The van der Waals surface area contributed by atoms with Gasteiger partial charge in [-0.3, -0.25) is 14.4 Å². The SMILES string of the molecule is COc1ccc(Cl)cc1NC(=O)CN(C)C(=O)C[NH+](C)CC(=O)NC(C)(C)C. The highest BCUT2D eigenvalue weighted by Crippen LogP contribution is 2.27. The molecule has 0 radical (unpaired) electrons. The van der Waals surface area contributed by atoms with Crippen LogP contribution in [0.25, 0.3) is 0 Å². The van der Waals surface area contributed by atoms with Gasteiger partial charge in [0.2, 0.25) is 5.91 Å². The fourth-order valence-electron chi connectivity index (χ4n) is 2.46. The summed E-state index contributed by atoms with van der Waals surface area (Å²) in [6.45, 7) is 5.83. The number of benzene rings is 1. The molecule has 0 saturated carbocycles. The second kappa shape index (κ2) is 10.3. The zero-order valence-electron chi connectivity index (χ0n) is 17.3. The molecule has 1 unspecified atom stereocenters. The highest BCUT2D eigenvalue weighted by atomic mass is 35.5. The molecule has 0 heterocycles. The van der Waals surface area contributed by atoms with Gasteiger partial charge in [-0.15, -0.1) is 0 Å². The molecular formula is C19H30ClN4O4+. The third-order valence-corrected chi connectivity index (χ3v) is 3.91. The van der Waals surface area contributed by atoms with E-state index < -0.39 is 0 Å². The van der Waals surface area contributed by atoms with Crippen LogP contribution in [0, 0.1) is 0 Å². The topological polar surface area (TPSA) is 92.2 Å². The van der Waals surface area contributed by atoms with Crippen molar-refractivity contribution in [3.05, 3.63) is 23.2 Å². The molecule has 1 atom stereocenters. The van der Waals surface area contributed by atoms with Crippen molar-refractivity contribution in [3.63, 3.8) is 0 Å². The van der Waals surface area contributed by atoms with Crippen LogP contribution in [-0.2, 0) is 14.4 Å². The molecule has 0 fully saturated rings. The third-order valence-electron chi connectivity index (χ3n) is 3.67. The van der Waals surface area contributed by atoms with Gasteiger partial charge < -0.3 is 25.2 Å². The molecule has 3 amide bonds. The molecule has 156 valence electrons. The molecule has 28 heavy (non-hydrogen) atoms. The molecule has 0 aliphatic rings. The Labute approximate surface area is 171 Å². The van der Waals surface area contributed by atoms with Gasteiger partial charge in [0.1, 0.15) is 5.75 Å². The Bertz CT molecular complexity index is 718. The van der Waals surface area contributed by atoms with Crippen molar-refractivity contribution in [2.24, 2.45) is 0 Å². The maximum atomic E-state index is 12.3. The summed E-state index contributed by atoms with van der Waals surface area (Å²) in [6.07, 6.45) is 0. The van der Waals surface area contributed by atoms with Crippen LogP contribution >= 0.6 is 11.6 Å². The molecule has 3 N–H and O–H groups in total. The van der Waals surface area contributed by atoms with Gasteiger partial charge in [-0.2, -0.15) is 0 Å². The summed E-state index contributed by atoms with van der Waals surface area (Å²) in [5.41, 5.74) is 0.111. The van der Waals surface area contributed by atoms with E-state index in [1.165, 1.54) is 12.0 Å². The summed E-state index contributed by atoms with van der Waals surface area (Å²) in [5, 5.41) is 6.00. The highest BCUT2D eigenvalue weighted by Gasteiger charge is 2.21. The number of hydrogen-bond donors (Lipinski definition) is 3. The number of likely N-dealkylation sites (N-methyl/N-ethyl adjacent to an activating group) is 2. The van der Waals surface area contributed by atoms with E-state index in [-0.39, 0.29) is 42.9 Å². The smallest absolute Gasteiger partial charge is 0.277 e. The maximum Gasteiger partial charge on any atom is 0.277 e. The molecular weight excluding hydrogens is 384 g/mol. The van der Waals surface area contributed by atoms with Crippen molar-refractivity contribution in [2.45, 2.75) is 26.3 Å². The lowest BCUT2D eigenvalue weighted by Gasteiger charge is -2.23. The van der Waals surface area contributed by atoms with Crippen molar-refractivity contribution in [1.82, 2.24) is 10.2 Å². The van der Waals surface area contributed by atoms with Crippen LogP contribution in [0.4, 0.5) is 5.69 Å². The molecule has 0 aliphatic carbocycles. The molecule has 0 aliphatic heterocycles. The third kappa shape index (κ3) is 8.58. The van der Waals surface area contributed by atoms with Crippen LogP contribution in [0.2, 0.25) is 5.02 Å². The van der Waals surface area contributed by atoms with E-state index in [2.05, 4.69) is 10.6 Å². The molecule has 0 saturated heterocycles. The van der Waals surface area contributed by atoms with Crippen LogP contribution in [0.15, 0.2) is 18.2 Å². The Morgan fingerprint density at radius 1 is 1.18 bits per heavy atom. The number of hydrogen-bond acceptors (Lipinski definition) is 4. The van der Waals surface area contributed by atoms with Gasteiger partial charge in [-0.25, -0.2) is 0 Å². The number of quaternary nitrogens is 1. The lowest BCUT2D eigenvalue weighted by atomic mass is 10.1. The Kier molecular flexibility index (Phi) is 8.71. The van der Waals surface area contributed by atoms with Crippen LogP contribution in [-0.4, -0.2) is 69.0 Å². The van der Waals surface area contributed by atoms with Crippen molar-refractivity contribution in [1.29, 1.82) is 0 Å². The first kappa shape index (κ1) is 23.7. The lowest BCUT2D eigenvalue weighted by molar-refractivity contribution is -0.863. The summed E-state index contributed by atoms with van der Waals surface area (Å²) < 4.78 is 5.18. The summed E-state index contributed by atoms with van der Waals surface area (Å²) in [5.74, 6) is -0.277. The van der Waals surface area contributed by atoms with E-state index in [1.807, 2.05) is 20.8 Å². The van der Waals surface area contributed by atoms with Crippen LogP contribution in [0.5, 0.6) is 5.75 Å². The van der Waals surface area contributed by atoms with E-state index in [0.29, 0.717) is 16.5 Å². The molecule has 9 heteroatoms. The van der Waals surface area contributed by atoms with Gasteiger partial charge in [0.15, 0.2) is 13.1 Å². The molecule has 1 aromatic rings. The van der Waals surface area contributed by atoms with Crippen molar-refractivity contribution in [2.75, 3.05) is 46.2 Å². The van der Waals surface area contributed by atoms with E-state index >= 15 is 0 Å². The zero-order chi connectivity index (χ0) is 21.5. The predicted octanol–water partition coefficient (Wildman–Crippen LogP) is 0.175. The maximum absolute atomic E-state index is 12.3. The molecule has 8 nitrogen and oxygen atoms in total. The quantitative estimate of drug-likeness (QED) is 0.566. The number of anilines is 1. The predicted molar refractivity (Wildman–Crippen MR) is 109 cm³/mol. The van der Waals surface area contributed by atoms with Crippen LogP contribution in [0.1, 0.15) is 20.8 Å². The Hall–Kier alpha value is -2.32. The second-order valence-electron chi connectivity index (χ2n) is 7.75. The van der Waals surface area contributed by atoms with Crippen molar-refractivity contribution < 1.29 is 24.0 Å². The summed E-state index contributed by atoms with van der Waals surface area (Å²) in [4.78, 5) is 38.6. The molecule has 1 rings (SSSR count). The fourth-order valence-corrected chi connectivity index (χ4v) is 2.64. The van der Waals surface area contributed by atoms with Crippen molar-refractivity contribution >= 4 is 35.0 Å². The molecule has 0 spiro atoms. The Morgan fingerprint density at radius 3 is 2.39 bits per heavy atom. The minimum Gasteiger partial charge on any atom is -0.495 e. The van der Waals surface area contributed by atoms with E-state index in [1.54, 1.807) is 32.3 Å². The molecule has 0 bridgehead atoms. The van der Waals surface area contributed by atoms with Gasteiger partial charge in [0, 0.05) is 17.6 Å². The van der Waals surface area contributed by atoms with E-state index in [9.17, 15) is 14.4 Å². The van der Waals surface area contributed by atoms with E-state index in [0.717, 1.165) is 4.90 Å². The number of rotatable bonds is 8. The standard InChI is InChI=1S/C19H29ClN4O4/c1-19(2,3)22-17(26)10-23(4)12-18(27)24(5)11-16(25)21-14-9-13(20)7-8-15(14)28-6/h7-9H,10-12H2,1-6H3,(H,21,25)(H,22,26)/p+1. The zero-order valence-corrected chi connectivity index (χ0v) is 18.1. The van der Waals surface area contributed by atoms with Gasteiger partial charge in [-0.05, 0) is 39.0 Å². The monoisotopic (exact) mass is 413 g/mol. The summed E-state index contributed by atoms with van der Waals surface area (Å²) in [7, 11) is 4.79. The Balaban J connectivity index is 2.54. The first-order valence-corrected chi connectivity index (χ1v) is 9.28. The highest BCUT2D eigenvalue weighted by molar-refractivity contribution is 6.31.